The monoisotopic (exact) mass is 248 g/mol. The van der Waals surface area contributed by atoms with Crippen LogP contribution >= 0.6 is 11.6 Å². The lowest BCUT2D eigenvalue weighted by atomic mass is 10.1. The first kappa shape index (κ1) is 12.7. The van der Waals surface area contributed by atoms with E-state index in [-0.39, 0.29) is 16.3 Å². The topological polar surface area (TPSA) is 55.8 Å². The van der Waals surface area contributed by atoms with Gasteiger partial charge in [0, 0.05) is 5.56 Å². The van der Waals surface area contributed by atoms with E-state index >= 15 is 0 Å². The zero-order valence-electron chi connectivity index (χ0n) is 8.66. The van der Waals surface area contributed by atoms with Gasteiger partial charge >= 0.3 is 5.97 Å². The van der Waals surface area contributed by atoms with Crippen molar-refractivity contribution < 1.29 is 23.8 Å². The second-order valence-corrected chi connectivity index (χ2v) is 3.29. The van der Waals surface area contributed by atoms with Crippen molar-refractivity contribution in [2.45, 2.75) is 6.10 Å². The minimum Gasteiger partial charge on any atom is -0.495 e. The molecule has 16 heavy (non-hydrogen) atoms. The molecule has 1 aromatic carbocycles. The van der Waals surface area contributed by atoms with E-state index in [9.17, 15) is 14.3 Å². The molecule has 0 aliphatic rings. The maximum Gasteiger partial charge on any atom is 0.339 e. The molecular weight excluding hydrogens is 239 g/mol. The van der Waals surface area contributed by atoms with Gasteiger partial charge in [-0.05, 0) is 12.1 Å². The number of esters is 1. The Hall–Kier alpha value is -1.33. The zero-order valence-corrected chi connectivity index (χ0v) is 9.42. The predicted molar refractivity (Wildman–Crippen MR) is 54.9 cm³/mol. The molecule has 0 heterocycles. The zero-order chi connectivity index (χ0) is 12.3. The van der Waals surface area contributed by atoms with Crippen molar-refractivity contribution >= 4 is 17.6 Å². The first-order chi connectivity index (χ1) is 7.52. The van der Waals surface area contributed by atoms with Crippen LogP contribution in [-0.4, -0.2) is 25.3 Å². The van der Waals surface area contributed by atoms with E-state index in [0.717, 1.165) is 7.11 Å². The van der Waals surface area contributed by atoms with Crippen molar-refractivity contribution in [3.8, 4) is 5.75 Å². The van der Waals surface area contributed by atoms with Gasteiger partial charge < -0.3 is 14.6 Å². The number of aliphatic hydroxyl groups excluding tert-OH is 1. The van der Waals surface area contributed by atoms with Gasteiger partial charge in [-0.3, -0.25) is 0 Å². The third-order valence-corrected chi connectivity index (χ3v) is 2.37. The summed E-state index contributed by atoms with van der Waals surface area (Å²) in [7, 11) is 2.42. The number of hydrogen-bond acceptors (Lipinski definition) is 4. The van der Waals surface area contributed by atoms with Crippen LogP contribution in [0.5, 0.6) is 5.75 Å². The Labute approximate surface area is 96.5 Å². The standard InChI is InChI=1S/C10H10ClFO4/c1-15-6-4-3-5(8(12)7(6)11)9(13)10(14)16-2/h3-4,9,13H,1-2H3. The van der Waals surface area contributed by atoms with Crippen molar-refractivity contribution in [1.82, 2.24) is 0 Å². The normalized spacial score (nSPS) is 12.1. The highest BCUT2D eigenvalue weighted by Crippen LogP contribution is 2.32. The Bertz CT molecular complexity index is 408. The summed E-state index contributed by atoms with van der Waals surface area (Å²) in [5.74, 6) is -1.74. The third kappa shape index (κ3) is 2.25. The number of carbonyl (C=O) groups is 1. The van der Waals surface area contributed by atoms with Gasteiger partial charge in [0.25, 0.3) is 0 Å². The average molecular weight is 249 g/mol. The minimum absolute atomic E-state index is 0.125. The Morgan fingerprint density at radius 2 is 2.12 bits per heavy atom. The molecule has 0 bridgehead atoms. The number of aliphatic hydroxyl groups is 1. The quantitative estimate of drug-likeness (QED) is 0.827. The second-order valence-electron chi connectivity index (χ2n) is 2.91. The number of benzene rings is 1. The Morgan fingerprint density at radius 1 is 1.50 bits per heavy atom. The summed E-state index contributed by atoms with van der Waals surface area (Å²) < 4.78 is 22.7. The smallest absolute Gasteiger partial charge is 0.339 e. The van der Waals surface area contributed by atoms with Gasteiger partial charge in [-0.15, -0.1) is 0 Å². The van der Waals surface area contributed by atoms with Gasteiger partial charge in [0.05, 0.1) is 14.2 Å². The van der Waals surface area contributed by atoms with Crippen molar-refractivity contribution in [2.24, 2.45) is 0 Å². The number of hydrogen-bond donors (Lipinski definition) is 1. The maximum atomic E-state index is 13.6. The van der Waals surface area contributed by atoms with E-state index < -0.39 is 17.9 Å². The largest absolute Gasteiger partial charge is 0.495 e. The van der Waals surface area contributed by atoms with E-state index in [1.54, 1.807) is 0 Å². The van der Waals surface area contributed by atoms with E-state index in [2.05, 4.69) is 4.74 Å². The summed E-state index contributed by atoms with van der Waals surface area (Å²) >= 11 is 5.63. The molecule has 0 amide bonds. The number of rotatable bonds is 3. The van der Waals surface area contributed by atoms with E-state index in [0.29, 0.717) is 0 Å². The van der Waals surface area contributed by atoms with Crippen LogP contribution in [0, 0.1) is 5.82 Å². The number of carbonyl (C=O) groups excluding carboxylic acids is 1. The van der Waals surface area contributed by atoms with Gasteiger partial charge in [-0.1, -0.05) is 11.6 Å². The molecule has 0 spiro atoms. The Morgan fingerprint density at radius 3 is 2.62 bits per heavy atom. The van der Waals surface area contributed by atoms with Crippen LogP contribution < -0.4 is 4.74 Å². The molecule has 0 fully saturated rings. The summed E-state index contributed by atoms with van der Waals surface area (Å²) in [5, 5.41) is 9.15. The first-order valence-corrected chi connectivity index (χ1v) is 4.68. The number of methoxy groups -OCH3 is 2. The fourth-order valence-corrected chi connectivity index (χ4v) is 1.40. The van der Waals surface area contributed by atoms with Crippen molar-refractivity contribution in [1.29, 1.82) is 0 Å². The molecule has 88 valence electrons. The van der Waals surface area contributed by atoms with Crippen LogP contribution in [0.15, 0.2) is 12.1 Å². The van der Waals surface area contributed by atoms with E-state index in [1.165, 1.54) is 19.2 Å². The van der Waals surface area contributed by atoms with Crippen molar-refractivity contribution in [3.63, 3.8) is 0 Å². The lowest BCUT2D eigenvalue weighted by molar-refractivity contribution is -0.150. The second kappa shape index (κ2) is 5.14. The molecule has 1 rings (SSSR count). The minimum atomic E-state index is -1.70. The Kier molecular flexibility index (Phi) is 4.09. The molecule has 6 heteroatoms. The molecule has 4 nitrogen and oxygen atoms in total. The molecule has 0 radical (unpaired) electrons. The van der Waals surface area contributed by atoms with Crippen LogP contribution in [0.3, 0.4) is 0 Å². The molecule has 1 atom stereocenters. The lowest BCUT2D eigenvalue weighted by Gasteiger charge is -2.12. The third-order valence-electron chi connectivity index (χ3n) is 2.02. The first-order valence-electron chi connectivity index (χ1n) is 4.30. The summed E-state index contributed by atoms with van der Waals surface area (Å²) in [6.07, 6.45) is -1.70. The summed E-state index contributed by atoms with van der Waals surface area (Å²) in [4.78, 5) is 11.0. The number of ether oxygens (including phenoxy) is 2. The molecule has 0 saturated carbocycles. The van der Waals surface area contributed by atoms with Gasteiger partial charge in [0.1, 0.15) is 10.8 Å². The van der Waals surface area contributed by atoms with Gasteiger partial charge in [-0.25, -0.2) is 9.18 Å². The maximum absolute atomic E-state index is 13.6. The fraction of sp³-hybridized carbons (Fsp3) is 0.300. The van der Waals surface area contributed by atoms with Crippen LogP contribution in [-0.2, 0) is 9.53 Å². The van der Waals surface area contributed by atoms with E-state index in [1.807, 2.05) is 0 Å². The fourth-order valence-electron chi connectivity index (χ4n) is 1.15. The molecule has 0 aromatic heterocycles. The molecule has 0 saturated heterocycles. The lowest BCUT2D eigenvalue weighted by Crippen LogP contribution is -2.15. The van der Waals surface area contributed by atoms with Crippen LogP contribution in [0.4, 0.5) is 4.39 Å². The average Bonchev–Trinajstić information content (AvgIpc) is 2.30. The highest BCUT2D eigenvalue weighted by Gasteiger charge is 2.24. The summed E-state index contributed by atoms with van der Waals surface area (Å²) in [6, 6.07) is 2.56. The highest BCUT2D eigenvalue weighted by molar-refractivity contribution is 6.32. The van der Waals surface area contributed by atoms with Gasteiger partial charge in [0.2, 0.25) is 0 Å². The SMILES string of the molecule is COC(=O)C(O)c1ccc(OC)c(Cl)c1F. The predicted octanol–water partition coefficient (Wildman–Crippen LogP) is 1.69. The van der Waals surface area contributed by atoms with Crippen LogP contribution in [0.25, 0.3) is 0 Å². The summed E-state index contributed by atoms with van der Waals surface area (Å²) in [6.45, 7) is 0. The highest BCUT2D eigenvalue weighted by atomic mass is 35.5. The van der Waals surface area contributed by atoms with Crippen molar-refractivity contribution in [2.75, 3.05) is 14.2 Å². The molecular formula is C10H10ClFO4. The molecule has 0 aliphatic heterocycles. The van der Waals surface area contributed by atoms with Crippen LogP contribution in [0.1, 0.15) is 11.7 Å². The van der Waals surface area contributed by atoms with Crippen molar-refractivity contribution in [3.05, 3.63) is 28.5 Å². The van der Waals surface area contributed by atoms with E-state index in [4.69, 9.17) is 16.3 Å². The Balaban J connectivity index is 3.17. The van der Waals surface area contributed by atoms with Gasteiger partial charge in [-0.2, -0.15) is 0 Å². The van der Waals surface area contributed by atoms with Gasteiger partial charge in [0.15, 0.2) is 11.9 Å². The summed E-state index contributed by atoms with van der Waals surface area (Å²) in [5.41, 5.74) is -0.252. The molecule has 1 N–H and O–H groups in total. The molecule has 1 unspecified atom stereocenters. The molecule has 1 aromatic rings. The van der Waals surface area contributed by atoms with Crippen LogP contribution in [0.2, 0.25) is 5.02 Å². The number of halogens is 2. The molecule has 0 aliphatic carbocycles.